The van der Waals surface area contributed by atoms with Gasteiger partial charge in [0, 0.05) is 22.1 Å². The SMILES string of the molecule is O=C(NC(c1ccccc1F)C1CC1)c1ccc2[nH]nc(-c3ccc(OC4CCNCC4)cc3)c2c1. The Bertz CT molecular complexity index is 1370. The highest BCUT2D eigenvalue weighted by Gasteiger charge is 2.35. The summed E-state index contributed by atoms with van der Waals surface area (Å²) in [6, 6.07) is 19.8. The molecular weight excluding hydrogens is 455 g/mol. The molecule has 1 saturated heterocycles. The van der Waals surface area contributed by atoms with Crippen molar-refractivity contribution in [3.05, 3.63) is 83.7 Å². The fraction of sp³-hybridized carbons (Fsp3) is 0.310. The predicted molar refractivity (Wildman–Crippen MR) is 137 cm³/mol. The normalized spacial score (nSPS) is 17.1. The summed E-state index contributed by atoms with van der Waals surface area (Å²) in [5.74, 6) is 0.624. The molecule has 1 saturated carbocycles. The molecule has 2 aliphatic rings. The molecule has 1 atom stereocenters. The highest BCUT2D eigenvalue weighted by molar-refractivity contribution is 6.01. The molecule has 6 rings (SSSR count). The Morgan fingerprint density at radius 2 is 1.78 bits per heavy atom. The molecule has 184 valence electrons. The number of ether oxygens (including phenoxy) is 1. The van der Waals surface area contributed by atoms with Gasteiger partial charge in [0.1, 0.15) is 17.7 Å². The second kappa shape index (κ2) is 9.74. The average molecular weight is 485 g/mol. The van der Waals surface area contributed by atoms with Gasteiger partial charge < -0.3 is 15.4 Å². The van der Waals surface area contributed by atoms with Crippen molar-refractivity contribution in [3.63, 3.8) is 0 Å². The maximum atomic E-state index is 14.5. The molecule has 2 fully saturated rings. The van der Waals surface area contributed by atoms with Crippen molar-refractivity contribution in [1.82, 2.24) is 20.8 Å². The Morgan fingerprint density at radius 1 is 1.00 bits per heavy atom. The van der Waals surface area contributed by atoms with Crippen LogP contribution >= 0.6 is 0 Å². The largest absolute Gasteiger partial charge is 0.490 e. The quantitative estimate of drug-likeness (QED) is 0.329. The van der Waals surface area contributed by atoms with Crippen LogP contribution in [0.1, 0.15) is 47.6 Å². The van der Waals surface area contributed by atoms with Gasteiger partial charge in [0.2, 0.25) is 0 Å². The third-order valence-corrected chi connectivity index (χ3v) is 7.16. The number of amides is 1. The number of hydrogen-bond acceptors (Lipinski definition) is 4. The monoisotopic (exact) mass is 484 g/mol. The molecule has 0 spiro atoms. The van der Waals surface area contributed by atoms with E-state index in [1.54, 1.807) is 18.2 Å². The van der Waals surface area contributed by atoms with Crippen LogP contribution in [-0.2, 0) is 0 Å². The average Bonchev–Trinajstić information content (AvgIpc) is 3.67. The van der Waals surface area contributed by atoms with Gasteiger partial charge in [-0.1, -0.05) is 18.2 Å². The Kier molecular flexibility index (Phi) is 6.15. The molecule has 4 aromatic rings. The molecule has 1 unspecified atom stereocenters. The van der Waals surface area contributed by atoms with Gasteiger partial charge >= 0.3 is 0 Å². The van der Waals surface area contributed by atoms with Gasteiger partial charge in [-0.05, 0) is 93.2 Å². The van der Waals surface area contributed by atoms with Crippen LogP contribution in [0.25, 0.3) is 22.2 Å². The molecule has 0 bridgehead atoms. The lowest BCUT2D eigenvalue weighted by molar-refractivity contribution is 0.0931. The predicted octanol–water partition coefficient (Wildman–Crippen LogP) is 5.38. The van der Waals surface area contributed by atoms with Crippen molar-refractivity contribution in [2.45, 2.75) is 37.8 Å². The molecule has 7 heteroatoms. The van der Waals surface area contributed by atoms with Crippen LogP contribution in [0.4, 0.5) is 4.39 Å². The zero-order valence-corrected chi connectivity index (χ0v) is 20.0. The summed E-state index contributed by atoms with van der Waals surface area (Å²) < 4.78 is 20.6. The third kappa shape index (κ3) is 4.71. The molecule has 36 heavy (non-hydrogen) atoms. The second-order valence-electron chi connectivity index (χ2n) is 9.73. The van der Waals surface area contributed by atoms with E-state index in [2.05, 4.69) is 20.8 Å². The summed E-state index contributed by atoms with van der Waals surface area (Å²) >= 11 is 0. The minimum Gasteiger partial charge on any atom is -0.490 e. The topological polar surface area (TPSA) is 79.0 Å². The smallest absolute Gasteiger partial charge is 0.251 e. The number of nitrogens with zero attached hydrogens (tertiary/aromatic N) is 1. The Balaban J connectivity index is 1.23. The summed E-state index contributed by atoms with van der Waals surface area (Å²) in [6.45, 7) is 1.97. The Labute approximate surface area is 209 Å². The van der Waals surface area contributed by atoms with E-state index in [1.165, 1.54) is 6.07 Å². The van der Waals surface area contributed by atoms with Crippen LogP contribution in [0, 0.1) is 11.7 Å². The van der Waals surface area contributed by atoms with Crippen molar-refractivity contribution in [1.29, 1.82) is 0 Å². The number of H-pyrrole nitrogens is 1. The molecule has 3 aromatic carbocycles. The van der Waals surface area contributed by atoms with Gasteiger partial charge in [0.25, 0.3) is 5.91 Å². The number of hydrogen-bond donors (Lipinski definition) is 3. The summed E-state index contributed by atoms with van der Waals surface area (Å²) in [5, 5.41) is 14.9. The Hall–Kier alpha value is -3.71. The van der Waals surface area contributed by atoms with Crippen molar-refractivity contribution < 1.29 is 13.9 Å². The molecule has 3 N–H and O–H groups in total. The molecule has 1 aromatic heterocycles. The van der Waals surface area contributed by atoms with Gasteiger partial charge in [-0.25, -0.2) is 4.39 Å². The molecular formula is C29H29FN4O2. The van der Waals surface area contributed by atoms with Crippen molar-refractivity contribution in [2.75, 3.05) is 13.1 Å². The number of carbonyl (C=O) groups excluding carboxylic acids is 1. The van der Waals surface area contributed by atoms with E-state index in [-0.39, 0.29) is 29.8 Å². The zero-order chi connectivity index (χ0) is 24.5. The standard InChI is InChI=1S/C29H29FN4O2/c30-25-4-2-1-3-23(25)27(18-5-6-18)32-29(35)20-9-12-26-24(17-20)28(34-33-26)19-7-10-21(11-8-19)36-22-13-15-31-16-14-22/h1-4,7-12,17-18,22,27,31H,5-6,13-16H2,(H,32,35)(H,33,34). The summed E-state index contributed by atoms with van der Waals surface area (Å²) in [5.41, 5.74) is 3.65. The van der Waals surface area contributed by atoms with Crippen LogP contribution < -0.4 is 15.4 Å². The molecule has 1 amide bonds. The molecule has 2 heterocycles. The van der Waals surface area contributed by atoms with E-state index in [4.69, 9.17) is 4.74 Å². The van der Waals surface area contributed by atoms with Crippen LogP contribution in [0.2, 0.25) is 0 Å². The molecule has 1 aliphatic carbocycles. The first-order valence-corrected chi connectivity index (χ1v) is 12.7. The number of piperidine rings is 1. The van der Waals surface area contributed by atoms with Gasteiger partial charge in [0.15, 0.2) is 0 Å². The number of nitrogens with one attached hydrogen (secondary N) is 3. The fourth-order valence-electron chi connectivity index (χ4n) is 5.00. The first-order valence-electron chi connectivity index (χ1n) is 12.7. The highest BCUT2D eigenvalue weighted by Crippen LogP contribution is 2.42. The molecule has 6 nitrogen and oxygen atoms in total. The van der Waals surface area contributed by atoms with E-state index in [9.17, 15) is 9.18 Å². The number of aromatic amines is 1. The Morgan fingerprint density at radius 3 is 2.53 bits per heavy atom. The van der Waals surface area contributed by atoms with E-state index in [1.807, 2.05) is 42.5 Å². The van der Waals surface area contributed by atoms with Gasteiger partial charge in [-0.3, -0.25) is 9.89 Å². The van der Waals surface area contributed by atoms with Crippen molar-refractivity contribution in [2.24, 2.45) is 5.92 Å². The highest BCUT2D eigenvalue weighted by atomic mass is 19.1. The van der Waals surface area contributed by atoms with E-state index < -0.39 is 0 Å². The van der Waals surface area contributed by atoms with Crippen LogP contribution in [0.3, 0.4) is 0 Å². The second-order valence-corrected chi connectivity index (χ2v) is 9.73. The van der Waals surface area contributed by atoms with Crippen LogP contribution in [0.5, 0.6) is 5.75 Å². The van der Waals surface area contributed by atoms with Gasteiger partial charge in [-0.2, -0.15) is 5.10 Å². The van der Waals surface area contributed by atoms with E-state index in [0.29, 0.717) is 11.1 Å². The van der Waals surface area contributed by atoms with Gasteiger partial charge in [0.05, 0.1) is 17.3 Å². The molecule has 0 radical (unpaired) electrons. The maximum absolute atomic E-state index is 14.5. The first kappa shape index (κ1) is 22.7. The summed E-state index contributed by atoms with van der Waals surface area (Å²) in [4.78, 5) is 13.2. The van der Waals surface area contributed by atoms with Crippen LogP contribution in [0.15, 0.2) is 66.7 Å². The minimum atomic E-state index is -0.328. The lowest BCUT2D eigenvalue weighted by atomic mass is 10.0. The van der Waals surface area contributed by atoms with Crippen molar-refractivity contribution in [3.8, 4) is 17.0 Å². The summed E-state index contributed by atoms with van der Waals surface area (Å²) in [7, 11) is 0. The lowest BCUT2D eigenvalue weighted by Gasteiger charge is -2.23. The van der Waals surface area contributed by atoms with E-state index in [0.717, 1.165) is 66.7 Å². The molecule has 1 aliphatic heterocycles. The van der Waals surface area contributed by atoms with Crippen molar-refractivity contribution >= 4 is 16.8 Å². The number of aromatic nitrogens is 2. The van der Waals surface area contributed by atoms with E-state index >= 15 is 0 Å². The lowest BCUT2D eigenvalue weighted by Crippen LogP contribution is -2.34. The van der Waals surface area contributed by atoms with Crippen LogP contribution in [-0.4, -0.2) is 35.3 Å². The maximum Gasteiger partial charge on any atom is 0.251 e. The fourth-order valence-corrected chi connectivity index (χ4v) is 5.00. The number of rotatable bonds is 7. The first-order chi connectivity index (χ1) is 17.7. The number of fused-ring (bicyclic) bond motifs is 1. The third-order valence-electron chi connectivity index (χ3n) is 7.16. The zero-order valence-electron chi connectivity index (χ0n) is 20.0. The summed E-state index contributed by atoms with van der Waals surface area (Å²) in [6.07, 6.45) is 4.24. The number of halogens is 1. The number of carbonyl (C=O) groups is 1. The number of benzene rings is 3. The minimum absolute atomic E-state index is 0.213. The van der Waals surface area contributed by atoms with Gasteiger partial charge in [-0.15, -0.1) is 0 Å².